The molecule has 0 fully saturated rings. The number of nitrogens with one attached hydrogen (secondary N) is 1. The highest BCUT2D eigenvalue weighted by Gasteiger charge is 2.30. The summed E-state index contributed by atoms with van der Waals surface area (Å²) in [4.78, 5) is 33.0. The molecule has 4 aromatic rings. The van der Waals surface area contributed by atoms with Crippen molar-refractivity contribution in [2.24, 2.45) is 5.92 Å². The van der Waals surface area contributed by atoms with Gasteiger partial charge in [-0.15, -0.1) is 11.3 Å². The third kappa shape index (κ3) is 5.66. The molecule has 2 aromatic heterocycles. The molecule has 2 aromatic carbocycles. The number of hydrogen-bond acceptors (Lipinski definition) is 5. The van der Waals surface area contributed by atoms with E-state index < -0.39 is 0 Å². The molecule has 0 bridgehead atoms. The van der Waals surface area contributed by atoms with Crippen molar-refractivity contribution < 1.29 is 14.3 Å². The lowest BCUT2D eigenvalue weighted by Crippen LogP contribution is -2.17. The molecule has 5 rings (SSSR count). The molecule has 1 N–H and O–H groups in total. The average Bonchev–Trinajstić information content (AvgIpc) is 3.29. The van der Waals surface area contributed by atoms with E-state index in [0.29, 0.717) is 28.0 Å². The highest BCUT2D eigenvalue weighted by atomic mass is 79.9. The smallest absolute Gasteiger partial charge is 0.341 e. The molecule has 0 unspecified atom stereocenters. The van der Waals surface area contributed by atoms with Crippen molar-refractivity contribution in [1.82, 2.24) is 4.98 Å². The first-order chi connectivity index (χ1) is 18.8. The summed E-state index contributed by atoms with van der Waals surface area (Å²) >= 11 is 5.06. The van der Waals surface area contributed by atoms with Crippen molar-refractivity contribution in [1.29, 1.82) is 0 Å². The first-order valence-electron chi connectivity index (χ1n) is 13.6. The molecule has 0 spiro atoms. The standard InChI is InChI=1S/C32H33BrN2O3S/c1-5-19-7-13-23-28(15-19)39-31(29(23)32(37)38-6-2)35-30(36)25-17-27(21-10-8-20(9-11-21)18(3)4)34-26-14-12-22(33)16-24(25)26/h8-12,14,16-19H,5-7,13,15H2,1-4H3,(H,35,36)/t19-/m0/s1. The van der Waals surface area contributed by atoms with Crippen molar-refractivity contribution >= 4 is 55.0 Å². The topological polar surface area (TPSA) is 68.3 Å². The molecule has 7 heteroatoms. The summed E-state index contributed by atoms with van der Waals surface area (Å²) < 4.78 is 6.29. The SMILES string of the molecule is CCOC(=O)c1c(NC(=O)c2cc(-c3ccc(C(C)C)cc3)nc3ccc(Br)cc23)sc2c1CC[C@H](CC)C2. The number of nitrogens with zero attached hydrogens (tertiary/aromatic N) is 1. The van der Waals surface area contributed by atoms with E-state index in [1.807, 2.05) is 24.3 Å². The van der Waals surface area contributed by atoms with E-state index in [0.717, 1.165) is 57.9 Å². The Hall–Kier alpha value is -3.03. The van der Waals surface area contributed by atoms with Gasteiger partial charge in [0.2, 0.25) is 0 Å². The molecule has 5 nitrogen and oxygen atoms in total. The summed E-state index contributed by atoms with van der Waals surface area (Å²) in [5.74, 6) is 0.395. The third-order valence-electron chi connectivity index (χ3n) is 7.54. The highest BCUT2D eigenvalue weighted by molar-refractivity contribution is 9.10. The fraction of sp³-hybridized carbons (Fsp3) is 0.344. The third-order valence-corrected chi connectivity index (χ3v) is 9.20. The number of pyridine rings is 1. The number of rotatable bonds is 7. The maximum Gasteiger partial charge on any atom is 0.341 e. The normalized spacial score (nSPS) is 14.9. The molecule has 0 saturated heterocycles. The van der Waals surface area contributed by atoms with Crippen LogP contribution in [0.25, 0.3) is 22.2 Å². The van der Waals surface area contributed by atoms with E-state index in [1.165, 1.54) is 21.8 Å². The molecule has 0 aliphatic heterocycles. The summed E-state index contributed by atoms with van der Waals surface area (Å²) in [6.07, 6.45) is 3.91. The van der Waals surface area contributed by atoms with Crippen molar-refractivity contribution in [2.45, 2.75) is 59.3 Å². The molecular formula is C32H33BrN2O3S. The lowest BCUT2D eigenvalue weighted by atomic mass is 9.85. The quantitative estimate of drug-likeness (QED) is 0.214. The Balaban J connectivity index is 1.57. The fourth-order valence-electron chi connectivity index (χ4n) is 5.25. The second-order valence-electron chi connectivity index (χ2n) is 10.4. The Kier molecular flexibility index (Phi) is 8.19. The Morgan fingerprint density at radius 3 is 2.59 bits per heavy atom. The monoisotopic (exact) mass is 604 g/mol. The zero-order valence-electron chi connectivity index (χ0n) is 22.8. The Labute approximate surface area is 242 Å². The molecule has 39 heavy (non-hydrogen) atoms. The van der Waals surface area contributed by atoms with E-state index in [-0.39, 0.29) is 18.5 Å². The van der Waals surface area contributed by atoms with Crippen LogP contribution in [0.2, 0.25) is 0 Å². The molecule has 1 aliphatic carbocycles. The van der Waals surface area contributed by atoms with Gasteiger partial charge in [-0.3, -0.25) is 4.79 Å². The van der Waals surface area contributed by atoms with Gasteiger partial charge in [0.1, 0.15) is 5.00 Å². The van der Waals surface area contributed by atoms with Crippen LogP contribution < -0.4 is 5.32 Å². The maximum atomic E-state index is 13.9. The van der Waals surface area contributed by atoms with Crippen LogP contribution in [0.15, 0.2) is 53.0 Å². The zero-order valence-corrected chi connectivity index (χ0v) is 25.2. The van der Waals surface area contributed by atoms with E-state index in [2.05, 4.69) is 66.3 Å². The fourth-order valence-corrected chi connectivity index (χ4v) is 6.96. The van der Waals surface area contributed by atoms with Crippen LogP contribution in [0.5, 0.6) is 0 Å². The van der Waals surface area contributed by atoms with Crippen molar-refractivity contribution in [3.8, 4) is 11.3 Å². The number of esters is 1. The lowest BCUT2D eigenvalue weighted by Gasteiger charge is -2.20. The van der Waals surface area contributed by atoms with Crippen LogP contribution in [0.3, 0.4) is 0 Å². The van der Waals surface area contributed by atoms with E-state index in [9.17, 15) is 9.59 Å². The molecule has 2 heterocycles. The number of hydrogen-bond donors (Lipinski definition) is 1. The van der Waals surface area contributed by atoms with E-state index in [1.54, 1.807) is 6.92 Å². The first-order valence-corrected chi connectivity index (χ1v) is 15.2. The van der Waals surface area contributed by atoms with Crippen LogP contribution in [0, 0.1) is 5.92 Å². The van der Waals surface area contributed by atoms with Crippen LogP contribution in [0.1, 0.15) is 83.2 Å². The second kappa shape index (κ2) is 11.6. The van der Waals surface area contributed by atoms with Crippen LogP contribution in [-0.4, -0.2) is 23.5 Å². The predicted molar refractivity (Wildman–Crippen MR) is 163 cm³/mol. The number of anilines is 1. The van der Waals surface area contributed by atoms with Gasteiger partial charge in [-0.2, -0.15) is 0 Å². The molecule has 1 amide bonds. The number of benzene rings is 2. The second-order valence-corrected chi connectivity index (χ2v) is 12.4. The van der Waals surface area contributed by atoms with Gasteiger partial charge >= 0.3 is 5.97 Å². The largest absolute Gasteiger partial charge is 0.462 e. The number of carbonyl (C=O) groups is 2. The van der Waals surface area contributed by atoms with E-state index >= 15 is 0 Å². The van der Waals surface area contributed by atoms with Gasteiger partial charge in [-0.25, -0.2) is 9.78 Å². The summed E-state index contributed by atoms with van der Waals surface area (Å²) in [5, 5.41) is 4.42. The molecular weight excluding hydrogens is 572 g/mol. The van der Waals surface area contributed by atoms with Gasteiger partial charge in [-0.05, 0) is 73.4 Å². The van der Waals surface area contributed by atoms with Gasteiger partial charge in [0.25, 0.3) is 5.91 Å². The first kappa shape index (κ1) is 27.5. The zero-order chi connectivity index (χ0) is 27.7. The van der Waals surface area contributed by atoms with E-state index in [4.69, 9.17) is 9.72 Å². The molecule has 202 valence electrons. The van der Waals surface area contributed by atoms with Gasteiger partial charge < -0.3 is 10.1 Å². The number of ether oxygens (including phenoxy) is 1. The average molecular weight is 606 g/mol. The summed E-state index contributed by atoms with van der Waals surface area (Å²) in [5.41, 5.74) is 5.72. The Morgan fingerprint density at radius 2 is 1.90 bits per heavy atom. The number of thiophene rings is 1. The molecule has 0 radical (unpaired) electrons. The summed E-state index contributed by atoms with van der Waals surface area (Å²) in [6.45, 7) is 8.63. The number of aromatic nitrogens is 1. The predicted octanol–water partition coefficient (Wildman–Crippen LogP) is 8.79. The van der Waals surface area contributed by atoms with Gasteiger partial charge in [0.05, 0.1) is 28.9 Å². The van der Waals surface area contributed by atoms with Crippen molar-refractivity contribution in [3.63, 3.8) is 0 Å². The van der Waals surface area contributed by atoms with Crippen molar-refractivity contribution in [2.75, 3.05) is 11.9 Å². The number of halogens is 1. The summed E-state index contributed by atoms with van der Waals surface area (Å²) in [7, 11) is 0. The van der Waals surface area contributed by atoms with Gasteiger partial charge in [0, 0.05) is 20.3 Å². The molecule has 0 saturated carbocycles. The number of amides is 1. The van der Waals surface area contributed by atoms with Gasteiger partial charge in [-0.1, -0.05) is 67.4 Å². The minimum atomic E-state index is -0.367. The summed E-state index contributed by atoms with van der Waals surface area (Å²) in [6, 6.07) is 15.9. The van der Waals surface area contributed by atoms with Crippen LogP contribution >= 0.6 is 27.3 Å². The number of fused-ring (bicyclic) bond motifs is 2. The number of carbonyl (C=O) groups excluding carboxylic acids is 2. The maximum absolute atomic E-state index is 13.9. The molecule has 1 atom stereocenters. The van der Waals surface area contributed by atoms with Crippen molar-refractivity contribution in [3.05, 3.63) is 80.1 Å². The van der Waals surface area contributed by atoms with Gasteiger partial charge in [0.15, 0.2) is 0 Å². The van der Waals surface area contributed by atoms with Crippen LogP contribution in [-0.2, 0) is 17.6 Å². The Bertz CT molecular complexity index is 1540. The Morgan fingerprint density at radius 1 is 1.13 bits per heavy atom. The highest BCUT2D eigenvalue weighted by Crippen LogP contribution is 2.41. The minimum absolute atomic E-state index is 0.267. The van der Waals surface area contributed by atoms with Crippen LogP contribution in [0.4, 0.5) is 5.00 Å². The molecule has 1 aliphatic rings. The lowest BCUT2D eigenvalue weighted by molar-refractivity contribution is 0.0526. The minimum Gasteiger partial charge on any atom is -0.462 e.